The van der Waals surface area contributed by atoms with Crippen LogP contribution in [-0.2, 0) is 6.54 Å². The molecule has 34 heavy (non-hydrogen) atoms. The number of nitrogens with zero attached hydrogens (tertiary/aromatic N) is 4. The standard InChI is InChI=1S/C25H19ClN4O3S/c1-33-22-9-5-2-6-17(22)14-29-23(32)19-7-3-4-8-20(19)30-24(29)27-28-25(30)34-15-21(31)16-10-12-18(26)13-11-16/h2-13H,14-15H2,1H3. The topological polar surface area (TPSA) is 78.5 Å². The summed E-state index contributed by atoms with van der Waals surface area (Å²) in [7, 11) is 1.60. The fourth-order valence-corrected chi connectivity index (χ4v) is 4.78. The number of thioether (sulfide) groups is 1. The van der Waals surface area contributed by atoms with Gasteiger partial charge < -0.3 is 4.74 Å². The number of carbonyl (C=O) groups is 1. The van der Waals surface area contributed by atoms with Crippen molar-refractivity contribution in [2.75, 3.05) is 12.9 Å². The van der Waals surface area contributed by atoms with Crippen molar-refractivity contribution in [3.8, 4) is 5.75 Å². The van der Waals surface area contributed by atoms with E-state index in [1.54, 1.807) is 42.0 Å². The summed E-state index contributed by atoms with van der Waals surface area (Å²) >= 11 is 7.20. The lowest BCUT2D eigenvalue weighted by atomic mass is 10.1. The zero-order valence-corrected chi connectivity index (χ0v) is 19.7. The maximum absolute atomic E-state index is 13.4. The summed E-state index contributed by atoms with van der Waals surface area (Å²) in [6, 6.07) is 21.6. The van der Waals surface area contributed by atoms with Crippen LogP contribution in [0.1, 0.15) is 15.9 Å². The van der Waals surface area contributed by atoms with Crippen LogP contribution in [0.15, 0.2) is 82.7 Å². The molecular weight excluding hydrogens is 472 g/mol. The predicted octanol–water partition coefficient (Wildman–Crippen LogP) is 4.73. The molecule has 0 bridgehead atoms. The normalized spacial score (nSPS) is 11.2. The van der Waals surface area contributed by atoms with Gasteiger partial charge >= 0.3 is 0 Å². The molecule has 0 saturated heterocycles. The van der Waals surface area contributed by atoms with Gasteiger partial charge in [-0.15, -0.1) is 10.2 Å². The molecule has 0 unspecified atom stereocenters. The quantitative estimate of drug-likeness (QED) is 0.242. The van der Waals surface area contributed by atoms with Crippen molar-refractivity contribution in [1.82, 2.24) is 19.2 Å². The number of hydrogen-bond donors (Lipinski definition) is 0. The number of ketones is 1. The molecule has 3 aromatic carbocycles. The minimum absolute atomic E-state index is 0.0509. The highest BCUT2D eigenvalue weighted by molar-refractivity contribution is 7.99. The monoisotopic (exact) mass is 490 g/mol. The molecule has 9 heteroatoms. The number of benzene rings is 3. The number of Topliss-reactive ketones (excluding diaryl/α,β-unsaturated/α-hetero) is 1. The number of hydrogen-bond acceptors (Lipinski definition) is 6. The summed E-state index contributed by atoms with van der Waals surface area (Å²) in [6.07, 6.45) is 0. The second kappa shape index (κ2) is 9.32. The summed E-state index contributed by atoms with van der Waals surface area (Å²) < 4.78 is 8.88. The molecule has 5 rings (SSSR count). The van der Waals surface area contributed by atoms with Gasteiger partial charge in [0.05, 0.1) is 30.3 Å². The molecule has 2 heterocycles. The molecule has 0 N–H and O–H groups in total. The van der Waals surface area contributed by atoms with E-state index in [4.69, 9.17) is 16.3 Å². The number of methoxy groups -OCH3 is 1. The molecule has 5 aromatic rings. The van der Waals surface area contributed by atoms with Crippen molar-refractivity contribution >= 4 is 45.8 Å². The summed E-state index contributed by atoms with van der Waals surface area (Å²) in [6.45, 7) is 0.268. The Labute approximate surface area is 204 Å². The zero-order chi connectivity index (χ0) is 23.7. The molecule has 2 aromatic heterocycles. The maximum atomic E-state index is 13.4. The fraction of sp³-hybridized carbons (Fsp3) is 0.120. The zero-order valence-electron chi connectivity index (χ0n) is 18.1. The molecule has 0 radical (unpaired) electrons. The summed E-state index contributed by atoms with van der Waals surface area (Å²) in [5.74, 6) is 1.20. The summed E-state index contributed by atoms with van der Waals surface area (Å²) in [5.41, 5.74) is 1.93. The molecule has 0 saturated carbocycles. The number of fused-ring (bicyclic) bond motifs is 3. The molecule has 0 spiro atoms. The van der Waals surface area contributed by atoms with Gasteiger partial charge in [-0.2, -0.15) is 0 Å². The Morgan fingerprint density at radius 3 is 2.53 bits per heavy atom. The van der Waals surface area contributed by atoms with Gasteiger partial charge in [-0.1, -0.05) is 53.7 Å². The van der Waals surface area contributed by atoms with Crippen molar-refractivity contribution < 1.29 is 9.53 Å². The van der Waals surface area contributed by atoms with Crippen molar-refractivity contribution in [2.45, 2.75) is 11.7 Å². The number of aromatic nitrogens is 4. The third-order valence-electron chi connectivity index (χ3n) is 5.50. The highest BCUT2D eigenvalue weighted by Gasteiger charge is 2.19. The smallest absolute Gasteiger partial charge is 0.263 e. The number of rotatable bonds is 7. The molecule has 0 atom stereocenters. The van der Waals surface area contributed by atoms with Crippen LogP contribution in [0.3, 0.4) is 0 Å². The Bertz CT molecular complexity index is 1580. The largest absolute Gasteiger partial charge is 0.496 e. The Morgan fingerprint density at radius 2 is 1.74 bits per heavy atom. The molecule has 0 fully saturated rings. The van der Waals surface area contributed by atoms with E-state index in [1.807, 2.05) is 46.9 Å². The van der Waals surface area contributed by atoms with Gasteiger partial charge in [0.2, 0.25) is 5.78 Å². The van der Waals surface area contributed by atoms with Gasteiger partial charge in [-0.25, -0.2) is 0 Å². The minimum atomic E-state index is -0.171. The molecule has 170 valence electrons. The van der Waals surface area contributed by atoms with Crippen LogP contribution in [0, 0.1) is 0 Å². The van der Waals surface area contributed by atoms with Gasteiger partial charge in [-0.3, -0.25) is 18.6 Å². The van der Waals surface area contributed by atoms with Gasteiger partial charge in [0.15, 0.2) is 10.9 Å². The maximum Gasteiger partial charge on any atom is 0.263 e. The van der Waals surface area contributed by atoms with Gasteiger partial charge in [-0.05, 0) is 42.5 Å². The van der Waals surface area contributed by atoms with Gasteiger partial charge in [0, 0.05) is 16.1 Å². The second-order valence-electron chi connectivity index (χ2n) is 7.56. The van der Waals surface area contributed by atoms with E-state index in [0.29, 0.717) is 38.2 Å². The minimum Gasteiger partial charge on any atom is -0.496 e. The Kier molecular flexibility index (Phi) is 6.08. The first-order valence-corrected chi connectivity index (χ1v) is 11.8. The van der Waals surface area contributed by atoms with Crippen LogP contribution in [0.25, 0.3) is 16.7 Å². The Hall–Kier alpha value is -3.62. The molecule has 0 aliphatic carbocycles. The van der Waals surface area contributed by atoms with Crippen LogP contribution in [0.2, 0.25) is 5.02 Å². The number of halogens is 1. The predicted molar refractivity (Wildman–Crippen MR) is 133 cm³/mol. The Balaban J connectivity index is 1.58. The van der Waals surface area contributed by atoms with Crippen LogP contribution in [-0.4, -0.2) is 37.8 Å². The van der Waals surface area contributed by atoms with E-state index < -0.39 is 0 Å². The number of carbonyl (C=O) groups excluding carboxylic acids is 1. The number of ether oxygens (including phenoxy) is 1. The average molecular weight is 491 g/mol. The van der Waals surface area contributed by atoms with Crippen LogP contribution in [0.4, 0.5) is 0 Å². The van der Waals surface area contributed by atoms with Gasteiger partial charge in [0.25, 0.3) is 5.56 Å². The van der Waals surface area contributed by atoms with E-state index in [0.717, 1.165) is 5.56 Å². The highest BCUT2D eigenvalue weighted by atomic mass is 35.5. The van der Waals surface area contributed by atoms with Crippen LogP contribution in [0.5, 0.6) is 5.75 Å². The molecule has 0 aliphatic heterocycles. The third-order valence-corrected chi connectivity index (χ3v) is 6.68. The van der Waals surface area contributed by atoms with Crippen molar-refractivity contribution in [3.05, 3.63) is 99.3 Å². The van der Waals surface area contributed by atoms with Crippen molar-refractivity contribution in [2.24, 2.45) is 0 Å². The SMILES string of the molecule is COc1ccccc1Cn1c(=O)c2ccccc2n2c(SCC(=O)c3ccc(Cl)cc3)nnc12. The number of para-hydroxylation sites is 2. The van der Waals surface area contributed by atoms with E-state index in [1.165, 1.54) is 11.8 Å². The van der Waals surface area contributed by atoms with Crippen molar-refractivity contribution in [3.63, 3.8) is 0 Å². The molecule has 7 nitrogen and oxygen atoms in total. The third kappa shape index (κ3) is 4.06. The fourth-order valence-electron chi connectivity index (χ4n) is 3.82. The lowest BCUT2D eigenvalue weighted by Gasteiger charge is -2.13. The van der Waals surface area contributed by atoms with E-state index >= 15 is 0 Å². The van der Waals surface area contributed by atoms with E-state index in [9.17, 15) is 9.59 Å². The first-order chi connectivity index (χ1) is 16.6. The van der Waals surface area contributed by atoms with Crippen molar-refractivity contribution in [1.29, 1.82) is 0 Å². The lowest BCUT2D eigenvalue weighted by Crippen LogP contribution is -2.24. The first-order valence-electron chi connectivity index (χ1n) is 10.5. The first kappa shape index (κ1) is 22.2. The molecule has 0 aliphatic rings. The van der Waals surface area contributed by atoms with Crippen LogP contribution < -0.4 is 10.3 Å². The Morgan fingerprint density at radius 1 is 1.00 bits per heavy atom. The second-order valence-corrected chi connectivity index (χ2v) is 8.94. The lowest BCUT2D eigenvalue weighted by molar-refractivity contribution is 0.102. The summed E-state index contributed by atoms with van der Waals surface area (Å²) in [4.78, 5) is 26.1. The average Bonchev–Trinajstić information content (AvgIpc) is 3.29. The van der Waals surface area contributed by atoms with Crippen LogP contribution >= 0.6 is 23.4 Å². The molecular formula is C25H19ClN4O3S. The summed E-state index contributed by atoms with van der Waals surface area (Å²) in [5, 5.41) is 10.3. The molecule has 0 amide bonds. The van der Waals surface area contributed by atoms with Gasteiger partial charge in [0.1, 0.15) is 5.75 Å². The van der Waals surface area contributed by atoms with E-state index in [-0.39, 0.29) is 23.6 Å². The highest BCUT2D eigenvalue weighted by Crippen LogP contribution is 2.24. The van der Waals surface area contributed by atoms with E-state index in [2.05, 4.69) is 10.2 Å².